The smallest absolute Gasteiger partial charge is 0.253 e. The lowest BCUT2D eigenvalue weighted by Crippen LogP contribution is -2.46. The van der Waals surface area contributed by atoms with Gasteiger partial charge in [0.2, 0.25) is 0 Å². The maximum absolute atomic E-state index is 13.2. The van der Waals surface area contributed by atoms with Crippen molar-refractivity contribution >= 4 is 5.91 Å². The lowest BCUT2D eigenvalue weighted by molar-refractivity contribution is -0.123. The minimum Gasteiger partial charge on any atom is -0.448 e. The predicted molar refractivity (Wildman–Crippen MR) is 137 cm³/mol. The summed E-state index contributed by atoms with van der Waals surface area (Å²) in [4.78, 5) is 30.7. The van der Waals surface area contributed by atoms with Crippen LogP contribution in [0.3, 0.4) is 0 Å². The van der Waals surface area contributed by atoms with Crippen LogP contribution in [0.25, 0.3) is 0 Å². The molecule has 0 radical (unpaired) electrons. The van der Waals surface area contributed by atoms with Gasteiger partial charge in [0.25, 0.3) is 17.3 Å². The molecule has 7 nitrogen and oxygen atoms in total. The van der Waals surface area contributed by atoms with E-state index in [0.717, 1.165) is 60.2 Å². The first-order valence-corrected chi connectivity index (χ1v) is 12.7. The van der Waals surface area contributed by atoms with Crippen molar-refractivity contribution in [2.24, 2.45) is 5.92 Å². The normalized spacial score (nSPS) is 23.5. The molecule has 7 heteroatoms. The van der Waals surface area contributed by atoms with Gasteiger partial charge in [-0.3, -0.25) is 9.59 Å². The van der Waals surface area contributed by atoms with Crippen LogP contribution in [0.4, 0.5) is 0 Å². The molecule has 2 heterocycles. The number of amides is 1. The Bertz CT molecular complexity index is 1180. The number of H-pyrrole nitrogens is 1. The zero-order valence-electron chi connectivity index (χ0n) is 22.1. The van der Waals surface area contributed by atoms with E-state index in [4.69, 9.17) is 9.47 Å². The molecule has 1 fully saturated rings. The second kappa shape index (κ2) is 9.69. The Morgan fingerprint density at radius 1 is 1.11 bits per heavy atom. The summed E-state index contributed by atoms with van der Waals surface area (Å²) in [6, 6.07) is 4.43. The summed E-state index contributed by atoms with van der Waals surface area (Å²) in [7, 11) is 4.29. The first-order chi connectivity index (χ1) is 16.5. The molecule has 1 aliphatic carbocycles. The fourth-order valence-corrected chi connectivity index (χ4v) is 5.59. The molecule has 1 aromatic carbocycles. The maximum atomic E-state index is 13.2. The molecule has 1 saturated carbocycles. The Kier molecular flexibility index (Phi) is 7.00. The second-order valence-corrected chi connectivity index (χ2v) is 10.5. The number of ether oxygens (including phenoxy) is 2. The summed E-state index contributed by atoms with van der Waals surface area (Å²) in [5.74, 6) is 0.794. The van der Waals surface area contributed by atoms with E-state index < -0.39 is 5.79 Å². The van der Waals surface area contributed by atoms with Gasteiger partial charge in [0, 0.05) is 47.8 Å². The number of rotatable bonds is 6. The van der Waals surface area contributed by atoms with Crippen LogP contribution in [0.5, 0.6) is 11.5 Å². The molecule has 1 unspecified atom stereocenters. The van der Waals surface area contributed by atoms with Crippen molar-refractivity contribution in [1.29, 1.82) is 0 Å². The first-order valence-electron chi connectivity index (χ1n) is 12.7. The summed E-state index contributed by atoms with van der Waals surface area (Å²) in [5.41, 5.74) is 4.37. The zero-order valence-corrected chi connectivity index (χ0v) is 22.1. The lowest BCUT2D eigenvalue weighted by Gasteiger charge is -2.39. The minimum absolute atomic E-state index is 0.167. The summed E-state index contributed by atoms with van der Waals surface area (Å²) < 4.78 is 13.1. The summed E-state index contributed by atoms with van der Waals surface area (Å²) in [5, 5.41) is 2.94. The number of nitrogens with zero attached hydrogens (tertiary/aromatic N) is 1. The third kappa shape index (κ3) is 4.83. The fourth-order valence-electron chi connectivity index (χ4n) is 5.59. The molecule has 1 amide bonds. The molecule has 2 aromatic rings. The highest BCUT2D eigenvalue weighted by Gasteiger charge is 2.47. The van der Waals surface area contributed by atoms with Crippen molar-refractivity contribution in [3.63, 3.8) is 0 Å². The molecular formula is C28H39N3O4. The van der Waals surface area contributed by atoms with Crippen LogP contribution in [0.1, 0.15) is 77.8 Å². The summed E-state index contributed by atoms with van der Waals surface area (Å²) >= 11 is 0. The van der Waals surface area contributed by atoms with E-state index in [2.05, 4.69) is 36.2 Å². The Hall–Kier alpha value is -2.80. The second-order valence-electron chi connectivity index (χ2n) is 10.5. The van der Waals surface area contributed by atoms with E-state index >= 15 is 0 Å². The van der Waals surface area contributed by atoms with Gasteiger partial charge in [0.1, 0.15) is 0 Å². The molecule has 0 bridgehead atoms. The van der Waals surface area contributed by atoms with Gasteiger partial charge in [0.05, 0.1) is 0 Å². The van der Waals surface area contributed by atoms with Crippen molar-refractivity contribution in [2.45, 2.75) is 85.1 Å². The van der Waals surface area contributed by atoms with Crippen LogP contribution in [0, 0.1) is 26.7 Å². The topological polar surface area (TPSA) is 83.7 Å². The van der Waals surface area contributed by atoms with Gasteiger partial charge in [-0.2, -0.15) is 0 Å². The average molecular weight is 482 g/mol. The van der Waals surface area contributed by atoms with Gasteiger partial charge in [-0.05, 0) is 90.2 Å². The third-order valence-electron chi connectivity index (χ3n) is 7.88. The Morgan fingerprint density at radius 2 is 1.77 bits per heavy atom. The van der Waals surface area contributed by atoms with Crippen LogP contribution in [-0.4, -0.2) is 41.7 Å². The molecule has 0 spiro atoms. The van der Waals surface area contributed by atoms with Crippen molar-refractivity contribution in [3.8, 4) is 11.5 Å². The molecule has 2 aliphatic rings. The van der Waals surface area contributed by atoms with E-state index in [9.17, 15) is 9.59 Å². The number of benzene rings is 1. The number of aryl methyl sites for hydroxylation is 3. The number of carbonyl (C=O) groups excluding carboxylic acids is 1. The van der Waals surface area contributed by atoms with Gasteiger partial charge in [0.15, 0.2) is 11.5 Å². The molecule has 190 valence electrons. The lowest BCUT2D eigenvalue weighted by atomic mass is 9.81. The number of aromatic nitrogens is 1. The summed E-state index contributed by atoms with van der Waals surface area (Å²) in [6.07, 6.45) is 5.08. The number of nitrogens with one attached hydrogen (secondary N) is 2. The highest BCUT2D eigenvalue weighted by molar-refractivity contribution is 5.97. The quantitative estimate of drug-likeness (QED) is 0.639. The Labute approximate surface area is 208 Å². The fraction of sp³-hybridized carbons (Fsp3) is 0.571. The number of carbonyl (C=O) groups is 1. The van der Waals surface area contributed by atoms with E-state index in [1.165, 1.54) is 0 Å². The van der Waals surface area contributed by atoms with Crippen LogP contribution >= 0.6 is 0 Å². The number of hydrogen-bond acceptors (Lipinski definition) is 5. The third-order valence-corrected chi connectivity index (χ3v) is 7.88. The number of fused-ring (bicyclic) bond motifs is 1. The predicted octanol–water partition coefficient (Wildman–Crippen LogP) is 4.40. The highest BCUT2D eigenvalue weighted by Crippen LogP contribution is 2.50. The Morgan fingerprint density at radius 3 is 2.37 bits per heavy atom. The molecule has 0 saturated heterocycles. The highest BCUT2D eigenvalue weighted by atomic mass is 16.7. The van der Waals surface area contributed by atoms with E-state index in [1.807, 2.05) is 39.8 Å². The van der Waals surface area contributed by atoms with E-state index in [1.54, 1.807) is 0 Å². The monoisotopic (exact) mass is 481 g/mol. The SMILES string of the molecule is CCc1cc(C(=O)NCc2c(C)cc(C)[nH]c2=O)c(C)c2c1OC(C)(C1CCC(N(C)C)CC1)O2. The molecule has 1 atom stereocenters. The van der Waals surface area contributed by atoms with Crippen LogP contribution in [0.15, 0.2) is 16.9 Å². The molecule has 1 aliphatic heterocycles. The Balaban J connectivity index is 1.55. The van der Waals surface area contributed by atoms with E-state index in [-0.39, 0.29) is 18.0 Å². The molecule has 35 heavy (non-hydrogen) atoms. The van der Waals surface area contributed by atoms with Gasteiger partial charge >= 0.3 is 0 Å². The molecular weight excluding hydrogens is 442 g/mol. The van der Waals surface area contributed by atoms with Crippen LogP contribution < -0.4 is 20.3 Å². The zero-order chi connectivity index (χ0) is 25.5. The molecule has 2 N–H and O–H groups in total. The van der Waals surface area contributed by atoms with Gasteiger partial charge < -0.3 is 24.7 Å². The van der Waals surface area contributed by atoms with Crippen LogP contribution in [0.2, 0.25) is 0 Å². The van der Waals surface area contributed by atoms with Crippen molar-refractivity contribution in [3.05, 3.63) is 56.0 Å². The van der Waals surface area contributed by atoms with Gasteiger partial charge in [-0.15, -0.1) is 0 Å². The van der Waals surface area contributed by atoms with E-state index in [0.29, 0.717) is 28.8 Å². The van der Waals surface area contributed by atoms with Crippen molar-refractivity contribution in [1.82, 2.24) is 15.2 Å². The van der Waals surface area contributed by atoms with Crippen LogP contribution in [-0.2, 0) is 13.0 Å². The summed E-state index contributed by atoms with van der Waals surface area (Å²) in [6.45, 7) is 9.91. The number of pyridine rings is 1. The largest absolute Gasteiger partial charge is 0.448 e. The molecule has 1 aromatic heterocycles. The van der Waals surface area contributed by atoms with Gasteiger partial charge in [-0.25, -0.2) is 0 Å². The minimum atomic E-state index is -0.726. The molecule has 4 rings (SSSR count). The number of hydrogen-bond donors (Lipinski definition) is 2. The standard InChI is InChI=1S/C28H39N3O4/c1-8-19-14-22(26(32)29-15-23-16(2)13-17(3)30-27(23)33)18(4)24-25(19)35-28(5,34-24)20-9-11-21(12-10-20)31(6)7/h13-14,20-21H,8-12,15H2,1-7H3,(H,29,32)(H,30,33). The van der Waals surface area contributed by atoms with Crippen molar-refractivity contribution < 1.29 is 14.3 Å². The maximum Gasteiger partial charge on any atom is 0.253 e. The first kappa shape index (κ1) is 25.3. The van der Waals surface area contributed by atoms with Crippen molar-refractivity contribution in [2.75, 3.05) is 14.1 Å². The van der Waals surface area contributed by atoms with Gasteiger partial charge in [-0.1, -0.05) is 6.92 Å². The average Bonchev–Trinajstić information content (AvgIpc) is 3.18. The number of aromatic amines is 1.